The Morgan fingerprint density at radius 1 is 1.15 bits per heavy atom. The fraction of sp³-hybridized carbons (Fsp3) is 0.238. The first-order chi connectivity index (χ1) is 13.1. The van der Waals surface area contributed by atoms with Crippen molar-refractivity contribution in [3.8, 4) is 0 Å². The van der Waals surface area contributed by atoms with Gasteiger partial charge in [-0.2, -0.15) is 0 Å². The largest absolute Gasteiger partial charge is 0.445 e. The zero-order chi connectivity index (χ0) is 18.8. The van der Waals surface area contributed by atoms with E-state index in [1.54, 1.807) is 6.07 Å². The highest BCUT2D eigenvalue weighted by Gasteiger charge is 2.33. The van der Waals surface area contributed by atoms with Crippen molar-refractivity contribution in [2.45, 2.75) is 31.4 Å². The van der Waals surface area contributed by atoms with E-state index in [2.05, 4.69) is 10.3 Å². The Hall–Kier alpha value is -3.28. The first kappa shape index (κ1) is 17.1. The molecule has 27 heavy (non-hydrogen) atoms. The van der Waals surface area contributed by atoms with Crippen LogP contribution in [0.25, 0.3) is 10.9 Å². The molecule has 0 spiro atoms. The second-order valence-corrected chi connectivity index (χ2v) is 6.94. The molecule has 1 fully saturated rings. The first-order valence-electron chi connectivity index (χ1n) is 8.98. The number of nitrogens with two attached hydrogens (primary N) is 1. The predicted molar refractivity (Wildman–Crippen MR) is 102 cm³/mol. The zero-order valence-electron chi connectivity index (χ0n) is 14.8. The van der Waals surface area contributed by atoms with Crippen LogP contribution in [0.5, 0.6) is 0 Å². The van der Waals surface area contributed by atoms with Gasteiger partial charge in [0.1, 0.15) is 6.61 Å². The molecular weight excluding hydrogens is 342 g/mol. The highest BCUT2D eigenvalue weighted by molar-refractivity contribution is 5.98. The number of alkyl carbamates (subject to hydrolysis) is 1. The summed E-state index contributed by atoms with van der Waals surface area (Å²) in [6.07, 6.45) is 3.27. The average molecular weight is 363 g/mol. The summed E-state index contributed by atoms with van der Waals surface area (Å²) >= 11 is 0. The van der Waals surface area contributed by atoms with E-state index in [0.29, 0.717) is 11.5 Å². The van der Waals surface area contributed by atoms with Gasteiger partial charge in [-0.1, -0.05) is 30.3 Å². The molecule has 1 heterocycles. The van der Waals surface area contributed by atoms with E-state index in [0.717, 1.165) is 34.9 Å². The molecule has 4 rings (SSSR count). The van der Waals surface area contributed by atoms with E-state index >= 15 is 0 Å². The summed E-state index contributed by atoms with van der Waals surface area (Å²) < 4.78 is 5.27. The van der Waals surface area contributed by atoms with E-state index in [4.69, 9.17) is 10.5 Å². The molecule has 2 amide bonds. The van der Waals surface area contributed by atoms with Crippen molar-refractivity contribution in [3.05, 3.63) is 71.4 Å². The van der Waals surface area contributed by atoms with Crippen LogP contribution in [0.15, 0.2) is 54.7 Å². The van der Waals surface area contributed by atoms with E-state index in [1.807, 2.05) is 48.7 Å². The van der Waals surface area contributed by atoms with Gasteiger partial charge >= 0.3 is 6.09 Å². The van der Waals surface area contributed by atoms with Crippen molar-refractivity contribution in [3.63, 3.8) is 0 Å². The lowest BCUT2D eigenvalue weighted by Crippen LogP contribution is -2.43. The van der Waals surface area contributed by atoms with Gasteiger partial charge in [0.2, 0.25) is 5.91 Å². The van der Waals surface area contributed by atoms with E-state index in [-0.39, 0.29) is 12.6 Å². The summed E-state index contributed by atoms with van der Waals surface area (Å²) in [4.78, 5) is 26.6. The molecule has 0 saturated heterocycles. The van der Waals surface area contributed by atoms with Crippen molar-refractivity contribution >= 4 is 22.9 Å². The van der Waals surface area contributed by atoms with Gasteiger partial charge in [0.05, 0.1) is 0 Å². The van der Waals surface area contributed by atoms with Crippen LogP contribution in [0.4, 0.5) is 4.79 Å². The standard InChI is InChI=1S/C21H21N3O3/c22-20(25)14-6-7-19-17(10-14)18(11-23-19)15-8-16(9-15)24-21(26)27-12-13-4-2-1-3-5-13/h1-7,10-11,15-16,23H,8-9,12H2,(H2,22,25)(H,24,26). The Balaban J connectivity index is 1.33. The highest BCUT2D eigenvalue weighted by atomic mass is 16.5. The fourth-order valence-corrected chi connectivity index (χ4v) is 3.55. The molecule has 2 aromatic carbocycles. The van der Waals surface area contributed by atoms with Crippen LogP contribution in [0.2, 0.25) is 0 Å². The van der Waals surface area contributed by atoms with Crippen molar-refractivity contribution in [1.29, 1.82) is 0 Å². The van der Waals surface area contributed by atoms with Crippen LogP contribution in [0, 0.1) is 0 Å². The maximum absolute atomic E-state index is 12.0. The molecule has 6 nitrogen and oxygen atoms in total. The summed E-state index contributed by atoms with van der Waals surface area (Å²) in [6.45, 7) is 0.265. The smallest absolute Gasteiger partial charge is 0.407 e. The molecule has 0 unspecified atom stereocenters. The molecule has 1 aromatic heterocycles. The van der Waals surface area contributed by atoms with Crippen molar-refractivity contribution < 1.29 is 14.3 Å². The normalized spacial score (nSPS) is 18.7. The number of fused-ring (bicyclic) bond motifs is 1. The van der Waals surface area contributed by atoms with Crippen molar-refractivity contribution in [2.24, 2.45) is 5.73 Å². The summed E-state index contributed by atoms with van der Waals surface area (Å²) in [7, 11) is 0. The number of primary amides is 1. The molecule has 1 aliphatic rings. The van der Waals surface area contributed by atoms with Gasteiger partial charge < -0.3 is 20.8 Å². The fourth-order valence-electron chi connectivity index (χ4n) is 3.55. The number of carbonyl (C=O) groups is 2. The van der Waals surface area contributed by atoms with Crippen LogP contribution in [-0.2, 0) is 11.3 Å². The molecular formula is C21H21N3O3. The molecule has 4 N–H and O–H groups in total. The minimum Gasteiger partial charge on any atom is -0.445 e. The topological polar surface area (TPSA) is 97.2 Å². The molecule has 3 aromatic rings. The second-order valence-electron chi connectivity index (χ2n) is 6.94. The van der Waals surface area contributed by atoms with Crippen LogP contribution in [0.1, 0.15) is 40.2 Å². The van der Waals surface area contributed by atoms with Crippen LogP contribution in [-0.4, -0.2) is 23.0 Å². The van der Waals surface area contributed by atoms with E-state index in [9.17, 15) is 9.59 Å². The Morgan fingerprint density at radius 3 is 2.67 bits per heavy atom. The lowest BCUT2D eigenvalue weighted by atomic mass is 9.76. The molecule has 0 bridgehead atoms. The highest BCUT2D eigenvalue weighted by Crippen LogP contribution is 2.40. The van der Waals surface area contributed by atoms with Gasteiger partial charge in [0.25, 0.3) is 0 Å². The monoisotopic (exact) mass is 363 g/mol. The predicted octanol–water partition coefficient (Wildman–Crippen LogP) is 3.44. The molecule has 1 saturated carbocycles. The second kappa shape index (κ2) is 7.15. The molecule has 0 atom stereocenters. The minimum atomic E-state index is -0.432. The van der Waals surface area contributed by atoms with Gasteiger partial charge in [-0.05, 0) is 48.1 Å². The number of aromatic amines is 1. The van der Waals surface area contributed by atoms with E-state index < -0.39 is 12.0 Å². The molecule has 6 heteroatoms. The Labute approximate surface area is 156 Å². The summed E-state index contributed by atoms with van der Waals surface area (Å²) in [6, 6.07) is 15.1. The number of nitrogens with one attached hydrogen (secondary N) is 2. The number of ether oxygens (including phenoxy) is 1. The number of rotatable bonds is 5. The van der Waals surface area contributed by atoms with Gasteiger partial charge in [-0.3, -0.25) is 4.79 Å². The van der Waals surface area contributed by atoms with Crippen LogP contribution < -0.4 is 11.1 Å². The van der Waals surface area contributed by atoms with E-state index in [1.165, 1.54) is 0 Å². The lowest BCUT2D eigenvalue weighted by molar-refractivity contribution is 0.1000. The molecule has 138 valence electrons. The van der Waals surface area contributed by atoms with Crippen LogP contribution >= 0.6 is 0 Å². The van der Waals surface area contributed by atoms with Crippen molar-refractivity contribution in [2.75, 3.05) is 0 Å². The minimum absolute atomic E-state index is 0.0996. The van der Waals surface area contributed by atoms with Gasteiger partial charge in [0.15, 0.2) is 0 Å². The maximum Gasteiger partial charge on any atom is 0.407 e. The van der Waals surface area contributed by atoms with Gasteiger partial charge in [-0.25, -0.2) is 4.79 Å². The number of benzene rings is 2. The average Bonchev–Trinajstić information content (AvgIpc) is 3.06. The van der Waals surface area contributed by atoms with Crippen molar-refractivity contribution in [1.82, 2.24) is 10.3 Å². The van der Waals surface area contributed by atoms with Gasteiger partial charge in [0, 0.05) is 28.7 Å². The van der Waals surface area contributed by atoms with Gasteiger partial charge in [-0.15, -0.1) is 0 Å². The SMILES string of the molecule is NC(=O)c1ccc2[nH]cc(C3CC(NC(=O)OCc4ccccc4)C3)c2c1. The molecule has 1 aliphatic carbocycles. The number of hydrogen-bond donors (Lipinski definition) is 3. The number of hydrogen-bond acceptors (Lipinski definition) is 3. The molecule has 0 aliphatic heterocycles. The van der Waals surface area contributed by atoms with Crippen LogP contribution in [0.3, 0.4) is 0 Å². The summed E-state index contributed by atoms with van der Waals surface area (Å²) in [5.41, 5.74) is 8.98. The Morgan fingerprint density at radius 2 is 1.93 bits per heavy atom. The lowest BCUT2D eigenvalue weighted by Gasteiger charge is -2.35. The number of aromatic nitrogens is 1. The summed E-state index contributed by atoms with van der Waals surface area (Å²) in [5, 5.41) is 3.93. The zero-order valence-corrected chi connectivity index (χ0v) is 14.8. The number of amides is 2. The number of carbonyl (C=O) groups excluding carboxylic acids is 2. The quantitative estimate of drug-likeness (QED) is 0.648. The third kappa shape index (κ3) is 3.65. The summed E-state index contributed by atoms with van der Waals surface area (Å²) in [5.74, 6) is -0.0975. The Kier molecular flexibility index (Phi) is 4.54. The maximum atomic E-state index is 12.0. The third-order valence-corrected chi connectivity index (χ3v) is 5.11. The third-order valence-electron chi connectivity index (χ3n) is 5.11. The Bertz CT molecular complexity index is 975. The molecule has 0 radical (unpaired) electrons. The number of H-pyrrole nitrogens is 1. The first-order valence-corrected chi connectivity index (χ1v) is 8.98.